The fraction of sp³-hybridized carbons (Fsp3) is 0.167. The number of hydrogen-bond acceptors (Lipinski definition) is 4. The molecule has 0 fully saturated rings. The Labute approximate surface area is 121 Å². The summed E-state index contributed by atoms with van der Waals surface area (Å²) >= 11 is 0.670. The first-order valence-corrected chi connectivity index (χ1v) is 6.54. The van der Waals surface area contributed by atoms with Crippen molar-refractivity contribution in [3.8, 4) is 5.75 Å². The number of aromatic nitrogens is 1. The Morgan fingerprint density at radius 3 is 2.67 bits per heavy atom. The zero-order chi connectivity index (χ0) is 15.6. The van der Waals surface area contributed by atoms with E-state index in [-0.39, 0.29) is 10.9 Å². The van der Waals surface area contributed by atoms with Gasteiger partial charge in [0.05, 0.1) is 0 Å². The van der Waals surface area contributed by atoms with E-state index in [4.69, 9.17) is 0 Å². The number of thiazole rings is 1. The maximum Gasteiger partial charge on any atom is 0.434 e. The zero-order valence-corrected chi connectivity index (χ0v) is 11.5. The SMILES string of the molecule is Cc1c(O)cccc1NC(=O)Nc1nc(C(F)(F)F)cs1. The van der Waals surface area contributed by atoms with Crippen LogP contribution in [0, 0.1) is 6.92 Å². The van der Waals surface area contributed by atoms with Crippen LogP contribution < -0.4 is 10.6 Å². The normalized spacial score (nSPS) is 11.2. The monoisotopic (exact) mass is 317 g/mol. The third-order valence-electron chi connectivity index (χ3n) is 2.57. The van der Waals surface area contributed by atoms with Crippen molar-refractivity contribution in [2.75, 3.05) is 10.6 Å². The molecule has 3 N–H and O–H groups in total. The van der Waals surface area contributed by atoms with E-state index in [1.807, 2.05) is 0 Å². The second-order valence-electron chi connectivity index (χ2n) is 4.06. The number of carbonyl (C=O) groups excluding carboxylic acids is 1. The summed E-state index contributed by atoms with van der Waals surface area (Å²) in [6.45, 7) is 1.59. The maximum atomic E-state index is 12.4. The molecule has 9 heteroatoms. The van der Waals surface area contributed by atoms with Crippen LogP contribution in [0.2, 0.25) is 0 Å². The smallest absolute Gasteiger partial charge is 0.434 e. The van der Waals surface area contributed by atoms with Gasteiger partial charge in [-0.25, -0.2) is 9.78 Å². The second kappa shape index (κ2) is 5.60. The van der Waals surface area contributed by atoms with E-state index in [9.17, 15) is 23.1 Å². The lowest BCUT2D eigenvalue weighted by Gasteiger charge is -2.09. The number of rotatable bonds is 2. The van der Waals surface area contributed by atoms with Crippen LogP contribution in [0.1, 0.15) is 11.3 Å². The van der Waals surface area contributed by atoms with Gasteiger partial charge in [-0.2, -0.15) is 13.2 Å². The molecule has 1 heterocycles. The summed E-state index contributed by atoms with van der Waals surface area (Å²) in [6.07, 6.45) is -4.55. The highest BCUT2D eigenvalue weighted by Crippen LogP contribution is 2.31. The van der Waals surface area contributed by atoms with Crippen LogP contribution in [-0.4, -0.2) is 16.1 Å². The number of amides is 2. The largest absolute Gasteiger partial charge is 0.508 e. The Morgan fingerprint density at radius 2 is 2.05 bits per heavy atom. The van der Waals surface area contributed by atoms with Crippen molar-refractivity contribution in [3.63, 3.8) is 0 Å². The summed E-state index contributed by atoms with van der Waals surface area (Å²) in [6, 6.07) is 3.79. The number of phenolic OH excluding ortho intramolecular Hbond substituents is 1. The fourth-order valence-electron chi connectivity index (χ4n) is 1.47. The van der Waals surface area contributed by atoms with Gasteiger partial charge < -0.3 is 10.4 Å². The maximum absolute atomic E-state index is 12.4. The molecular weight excluding hydrogens is 307 g/mol. The van der Waals surface area contributed by atoms with Gasteiger partial charge in [0.15, 0.2) is 10.8 Å². The molecule has 2 aromatic rings. The van der Waals surface area contributed by atoms with Crippen LogP contribution in [0.3, 0.4) is 0 Å². The standard InChI is InChI=1S/C12H10F3N3O2S/c1-6-7(3-2-4-8(6)19)16-10(20)18-11-17-9(5-21-11)12(13,14)15/h2-5,19H,1H3,(H2,16,17,18,20). The Hall–Kier alpha value is -2.29. The average Bonchev–Trinajstić information content (AvgIpc) is 2.83. The molecular formula is C12H10F3N3O2S. The number of urea groups is 1. The first-order chi connectivity index (χ1) is 9.77. The summed E-state index contributed by atoms with van der Waals surface area (Å²) in [5, 5.41) is 14.8. The number of phenols is 1. The lowest BCUT2D eigenvalue weighted by molar-refractivity contribution is -0.140. The minimum atomic E-state index is -4.55. The zero-order valence-electron chi connectivity index (χ0n) is 10.7. The molecule has 0 bridgehead atoms. The number of hydrogen-bond donors (Lipinski definition) is 3. The molecule has 0 aliphatic rings. The van der Waals surface area contributed by atoms with Crippen molar-refractivity contribution in [2.45, 2.75) is 13.1 Å². The van der Waals surface area contributed by atoms with E-state index in [1.54, 1.807) is 13.0 Å². The van der Waals surface area contributed by atoms with Gasteiger partial charge in [0.1, 0.15) is 5.75 Å². The minimum absolute atomic E-state index is 0.00130. The average molecular weight is 317 g/mol. The van der Waals surface area contributed by atoms with E-state index in [1.165, 1.54) is 12.1 Å². The molecule has 0 spiro atoms. The van der Waals surface area contributed by atoms with Gasteiger partial charge in [0.2, 0.25) is 0 Å². The van der Waals surface area contributed by atoms with Crippen LogP contribution >= 0.6 is 11.3 Å². The fourth-order valence-corrected chi connectivity index (χ4v) is 2.18. The second-order valence-corrected chi connectivity index (χ2v) is 4.92. The Kier molecular flexibility index (Phi) is 4.03. The van der Waals surface area contributed by atoms with E-state index in [0.717, 1.165) is 5.38 Å². The highest BCUT2D eigenvalue weighted by atomic mass is 32.1. The van der Waals surface area contributed by atoms with Gasteiger partial charge in [0.25, 0.3) is 0 Å². The van der Waals surface area contributed by atoms with Crippen LogP contribution in [0.5, 0.6) is 5.75 Å². The predicted molar refractivity (Wildman–Crippen MR) is 72.6 cm³/mol. The Bertz CT molecular complexity index is 670. The molecule has 0 atom stereocenters. The number of nitrogens with one attached hydrogen (secondary N) is 2. The lowest BCUT2D eigenvalue weighted by atomic mass is 10.2. The van der Waals surface area contributed by atoms with Gasteiger partial charge in [0, 0.05) is 16.6 Å². The summed E-state index contributed by atoms with van der Waals surface area (Å²) in [5.41, 5.74) is -0.265. The first kappa shape index (κ1) is 15.1. The number of halogens is 3. The van der Waals surface area contributed by atoms with Gasteiger partial charge in [-0.3, -0.25) is 5.32 Å². The molecule has 2 amide bonds. The van der Waals surface area contributed by atoms with Gasteiger partial charge in [-0.15, -0.1) is 11.3 Å². The summed E-state index contributed by atoms with van der Waals surface area (Å²) < 4.78 is 37.1. The van der Waals surface area contributed by atoms with Crippen LogP contribution in [-0.2, 0) is 6.18 Å². The van der Waals surface area contributed by atoms with Crippen molar-refractivity contribution in [2.24, 2.45) is 0 Å². The van der Waals surface area contributed by atoms with E-state index in [2.05, 4.69) is 15.6 Å². The molecule has 0 aliphatic heterocycles. The Balaban J connectivity index is 2.05. The van der Waals surface area contributed by atoms with Crippen molar-refractivity contribution in [1.82, 2.24) is 4.98 Å². The molecule has 0 saturated heterocycles. The summed E-state index contributed by atoms with van der Waals surface area (Å²) in [7, 11) is 0. The van der Waals surface area contributed by atoms with E-state index < -0.39 is 17.9 Å². The van der Waals surface area contributed by atoms with Crippen molar-refractivity contribution < 1.29 is 23.1 Å². The number of carbonyl (C=O) groups is 1. The quantitative estimate of drug-likeness (QED) is 0.788. The van der Waals surface area contributed by atoms with Crippen molar-refractivity contribution in [1.29, 1.82) is 0 Å². The highest BCUT2D eigenvalue weighted by molar-refractivity contribution is 7.13. The van der Waals surface area contributed by atoms with Crippen LogP contribution in [0.15, 0.2) is 23.6 Å². The third-order valence-corrected chi connectivity index (χ3v) is 3.33. The highest BCUT2D eigenvalue weighted by Gasteiger charge is 2.33. The summed E-state index contributed by atoms with van der Waals surface area (Å²) in [5.74, 6) is 0.00130. The van der Waals surface area contributed by atoms with Gasteiger partial charge in [-0.1, -0.05) is 6.07 Å². The van der Waals surface area contributed by atoms with Gasteiger partial charge in [-0.05, 0) is 19.1 Å². The number of anilines is 2. The van der Waals surface area contributed by atoms with Crippen molar-refractivity contribution >= 4 is 28.2 Å². The van der Waals surface area contributed by atoms with Crippen molar-refractivity contribution in [3.05, 3.63) is 34.8 Å². The molecule has 0 unspecified atom stereocenters. The first-order valence-electron chi connectivity index (χ1n) is 5.66. The molecule has 21 heavy (non-hydrogen) atoms. The van der Waals surface area contributed by atoms with E-state index >= 15 is 0 Å². The molecule has 5 nitrogen and oxygen atoms in total. The Morgan fingerprint density at radius 1 is 1.33 bits per heavy atom. The minimum Gasteiger partial charge on any atom is -0.508 e. The van der Waals surface area contributed by atoms with Crippen LogP contribution in [0.4, 0.5) is 28.8 Å². The van der Waals surface area contributed by atoms with E-state index in [0.29, 0.717) is 22.6 Å². The number of nitrogens with zero attached hydrogens (tertiary/aromatic N) is 1. The number of benzene rings is 1. The molecule has 0 radical (unpaired) electrons. The number of aromatic hydroxyl groups is 1. The molecule has 112 valence electrons. The molecule has 0 saturated carbocycles. The van der Waals surface area contributed by atoms with Gasteiger partial charge >= 0.3 is 12.2 Å². The third kappa shape index (κ3) is 3.63. The summed E-state index contributed by atoms with van der Waals surface area (Å²) in [4.78, 5) is 15.0. The predicted octanol–water partition coefficient (Wildman–Crippen LogP) is 3.82. The lowest BCUT2D eigenvalue weighted by Crippen LogP contribution is -2.20. The number of alkyl halides is 3. The molecule has 1 aromatic carbocycles. The molecule has 2 rings (SSSR count). The topological polar surface area (TPSA) is 74.2 Å². The molecule has 1 aromatic heterocycles. The van der Waals surface area contributed by atoms with Crippen LogP contribution in [0.25, 0.3) is 0 Å². The molecule has 0 aliphatic carbocycles.